The lowest BCUT2D eigenvalue weighted by Gasteiger charge is -2.34. The summed E-state index contributed by atoms with van der Waals surface area (Å²) < 4.78 is 5.28. The van der Waals surface area contributed by atoms with E-state index in [1.165, 1.54) is 0 Å². The summed E-state index contributed by atoms with van der Waals surface area (Å²) in [6, 6.07) is 6.66. The Labute approximate surface area is 117 Å². The van der Waals surface area contributed by atoms with Crippen molar-refractivity contribution >= 4 is 17.5 Å². The minimum atomic E-state index is -0.553. The fourth-order valence-electron chi connectivity index (χ4n) is 2.27. The summed E-state index contributed by atoms with van der Waals surface area (Å²) in [5.74, 6) is -0.293. The SMILES string of the molecule is CNC(=O)C1COCCN1C(=O)Cc1cccc(N)c1. The third-order valence-electron chi connectivity index (χ3n) is 3.30. The molecule has 1 saturated heterocycles. The quantitative estimate of drug-likeness (QED) is 0.748. The van der Waals surface area contributed by atoms with E-state index in [1.807, 2.05) is 12.1 Å². The number of morpholine rings is 1. The number of hydrogen-bond acceptors (Lipinski definition) is 4. The molecule has 2 rings (SSSR count). The average molecular weight is 277 g/mol. The number of nitrogens with one attached hydrogen (secondary N) is 1. The van der Waals surface area contributed by atoms with Gasteiger partial charge in [0.2, 0.25) is 11.8 Å². The lowest BCUT2D eigenvalue weighted by molar-refractivity contribution is -0.147. The molecule has 20 heavy (non-hydrogen) atoms. The molecule has 0 aliphatic carbocycles. The summed E-state index contributed by atoms with van der Waals surface area (Å²) in [6.07, 6.45) is 0.235. The van der Waals surface area contributed by atoms with Gasteiger partial charge in [0.25, 0.3) is 0 Å². The molecule has 1 aliphatic heterocycles. The number of carbonyl (C=O) groups is 2. The first-order valence-corrected chi connectivity index (χ1v) is 6.55. The lowest BCUT2D eigenvalue weighted by atomic mass is 10.1. The molecule has 0 spiro atoms. The van der Waals surface area contributed by atoms with Crippen LogP contribution in [0.15, 0.2) is 24.3 Å². The van der Waals surface area contributed by atoms with E-state index in [2.05, 4.69) is 5.32 Å². The Morgan fingerprint density at radius 2 is 2.30 bits per heavy atom. The number of hydrogen-bond donors (Lipinski definition) is 2. The molecule has 2 amide bonds. The molecule has 1 heterocycles. The van der Waals surface area contributed by atoms with Crippen molar-refractivity contribution in [2.24, 2.45) is 0 Å². The molecule has 3 N–H and O–H groups in total. The monoisotopic (exact) mass is 277 g/mol. The average Bonchev–Trinajstić information content (AvgIpc) is 2.46. The Morgan fingerprint density at radius 1 is 1.50 bits per heavy atom. The number of likely N-dealkylation sites (N-methyl/N-ethyl adjacent to an activating group) is 1. The van der Waals surface area contributed by atoms with E-state index in [0.717, 1.165) is 5.56 Å². The number of rotatable bonds is 3. The number of benzene rings is 1. The van der Waals surface area contributed by atoms with Crippen LogP contribution in [-0.2, 0) is 20.7 Å². The summed E-state index contributed by atoms with van der Waals surface area (Å²) in [5.41, 5.74) is 7.17. The molecule has 1 aromatic rings. The van der Waals surface area contributed by atoms with Crippen LogP contribution in [-0.4, -0.2) is 49.6 Å². The highest BCUT2D eigenvalue weighted by atomic mass is 16.5. The normalized spacial score (nSPS) is 18.6. The summed E-state index contributed by atoms with van der Waals surface area (Å²) in [6.45, 7) is 1.12. The number of anilines is 1. The first kappa shape index (κ1) is 14.3. The molecule has 0 radical (unpaired) electrons. The van der Waals surface area contributed by atoms with E-state index in [-0.39, 0.29) is 24.8 Å². The van der Waals surface area contributed by atoms with Crippen molar-refractivity contribution < 1.29 is 14.3 Å². The molecule has 6 heteroatoms. The molecule has 108 valence electrons. The Bertz CT molecular complexity index is 504. The second kappa shape index (κ2) is 6.38. The van der Waals surface area contributed by atoms with Gasteiger partial charge in [0.05, 0.1) is 19.6 Å². The van der Waals surface area contributed by atoms with Crippen molar-refractivity contribution in [2.75, 3.05) is 32.5 Å². The van der Waals surface area contributed by atoms with Gasteiger partial charge in [0.15, 0.2) is 0 Å². The van der Waals surface area contributed by atoms with Crippen molar-refractivity contribution in [1.82, 2.24) is 10.2 Å². The van der Waals surface area contributed by atoms with Crippen molar-refractivity contribution in [3.05, 3.63) is 29.8 Å². The van der Waals surface area contributed by atoms with Gasteiger partial charge in [-0.2, -0.15) is 0 Å². The minimum Gasteiger partial charge on any atom is -0.399 e. The number of carbonyl (C=O) groups excluding carboxylic acids is 2. The van der Waals surface area contributed by atoms with Gasteiger partial charge in [0.1, 0.15) is 6.04 Å². The van der Waals surface area contributed by atoms with Crippen LogP contribution < -0.4 is 11.1 Å². The maximum absolute atomic E-state index is 12.4. The van der Waals surface area contributed by atoms with Crippen LogP contribution in [0.25, 0.3) is 0 Å². The highest BCUT2D eigenvalue weighted by Crippen LogP contribution is 2.13. The molecule has 0 aromatic heterocycles. The Kier molecular flexibility index (Phi) is 4.57. The van der Waals surface area contributed by atoms with Gasteiger partial charge in [-0.25, -0.2) is 0 Å². The Hall–Kier alpha value is -2.08. The fourth-order valence-corrected chi connectivity index (χ4v) is 2.27. The van der Waals surface area contributed by atoms with Crippen LogP contribution in [0.4, 0.5) is 5.69 Å². The van der Waals surface area contributed by atoms with E-state index in [0.29, 0.717) is 18.8 Å². The maximum Gasteiger partial charge on any atom is 0.244 e. The summed E-state index contributed by atoms with van der Waals surface area (Å²) in [4.78, 5) is 25.7. The number of amides is 2. The topological polar surface area (TPSA) is 84.7 Å². The second-order valence-electron chi connectivity index (χ2n) is 4.71. The molecule has 1 fully saturated rings. The Morgan fingerprint density at radius 3 is 3.00 bits per heavy atom. The molecule has 1 unspecified atom stereocenters. The first-order chi connectivity index (χ1) is 9.61. The van der Waals surface area contributed by atoms with E-state index in [4.69, 9.17) is 10.5 Å². The van der Waals surface area contributed by atoms with Crippen LogP contribution in [0.5, 0.6) is 0 Å². The zero-order chi connectivity index (χ0) is 14.5. The van der Waals surface area contributed by atoms with E-state index in [1.54, 1.807) is 24.1 Å². The predicted octanol–water partition coefficient (Wildman–Crippen LogP) is -0.215. The van der Waals surface area contributed by atoms with Crippen molar-refractivity contribution in [3.8, 4) is 0 Å². The van der Waals surface area contributed by atoms with Gasteiger partial charge >= 0.3 is 0 Å². The largest absolute Gasteiger partial charge is 0.399 e. The molecule has 6 nitrogen and oxygen atoms in total. The number of nitrogens with two attached hydrogens (primary N) is 1. The molecule has 1 atom stereocenters. The summed E-state index contributed by atoms with van der Waals surface area (Å²) >= 11 is 0. The first-order valence-electron chi connectivity index (χ1n) is 6.55. The van der Waals surface area contributed by atoms with Gasteiger partial charge in [-0.1, -0.05) is 12.1 Å². The number of nitrogen functional groups attached to an aromatic ring is 1. The third-order valence-corrected chi connectivity index (χ3v) is 3.30. The smallest absolute Gasteiger partial charge is 0.244 e. The molecule has 1 aromatic carbocycles. The van der Waals surface area contributed by atoms with Crippen LogP contribution in [0.3, 0.4) is 0 Å². The molecule has 0 saturated carbocycles. The molecule has 1 aliphatic rings. The fraction of sp³-hybridized carbons (Fsp3) is 0.429. The molecular weight excluding hydrogens is 258 g/mol. The lowest BCUT2D eigenvalue weighted by Crippen LogP contribution is -2.55. The molecule has 0 bridgehead atoms. The van der Waals surface area contributed by atoms with Crippen molar-refractivity contribution in [1.29, 1.82) is 0 Å². The van der Waals surface area contributed by atoms with E-state index in [9.17, 15) is 9.59 Å². The van der Waals surface area contributed by atoms with Crippen LogP contribution in [0, 0.1) is 0 Å². The predicted molar refractivity (Wildman–Crippen MR) is 74.9 cm³/mol. The van der Waals surface area contributed by atoms with Gasteiger partial charge in [-0.3, -0.25) is 9.59 Å². The standard InChI is InChI=1S/C14H19N3O3/c1-16-14(19)12-9-20-6-5-17(12)13(18)8-10-3-2-4-11(15)7-10/h2-4,7,12H,5-6,8-9,15H2,1H3,(H,16,19). The highest BCUT2D eigenvalue weighted by molar-refractivity contribution is 5.88. The zero-order valence-corrected chi connectivity index (χ0v) is 11.5. The zero-order valence-electron chi connectivity index (χ0n) is 11.5. The summed E-state index contributed by atoms with van der Waals surface area (Å²) in [7, 11) is 1.55. The summed E-state index contributed by atoms with van der Waals surface area (Å²) in [5, 5.41) is 2.56. The van der Waals surface area contributed by atoms with Crippen molar-refractivity contribution in [3.63, 3.8) is 0 Å². The number of nitrogens with zero attached hydrogens (tertiary/aromatic N) is 1. The van der Waals surface area contributed by atoms with Gasteiger partial charge < -0.3 is 20.7 Å². The van der Waals surface area contributed by atoms with Gasteiger partial charge in [0, 0.05) is 19.3 Å². The van der Waals surface area contributed by atoms with Crippen LogP contribution >= 0.6 is 0 Å². The van der Waals surface area contributed by atoms with Gasteiger partial charge in [-0.05, 0) is 17.7 Å². The third kappa shape index (κ3) is 3.27. The number of ether oxygens (including phenoxy) is 1. The minimum absolute atomic E-state index is 0.0903. The molecular formula is C14H19N3O3. The Balaban J connectivity index is 2.08. The van der Waals surface area contributed by atoms with E-state index >= 15 is 0 Å². The second-order valence-corrected chi connectivity index (χ2v) is 4.71. The maximum atomic E-state index is 12.4. The highest BCUT2D eigenvalue weighted by Gasteiger charge is 2.32. The van der Waals surface area contributed by atoms with Crippen molar-refractivity contribution in [2.45, 2.75) is 12.5 Å². The van der Waals surface area contributed by atoms with Crippen LogP contribution in [0.1, 0.15) is 5.56 Å². The van der Waals surface area contributed by atoms with E-state index < -0.39 is 6.04 Å². The van der Waals surface area contributed by atoms with Crippen LogP contribution in [0.2, 0.25) is 0 Å². The van der Waals surface area contributed by atoms with Gasteiger partial charge in [-0.15, -0.1) is 0 Å².